The third-order valence-electron chi connectivity index (χ3n) is 2.02. The second kappa shape index (κ2) is 4.65. The molecular formula is C9H9F3N2OS. The van der Waals surface area contributed by atoms with Gasteiger partial charge in [-0.1, -0.05) is 18.3 Å². The Bertz CT molecular complexity index is 441. The Balaban J connectivity index is 2.98. The first-order chi connectivity index (χ1) is 7.32. The zero-order valence-corrected chi connectivity index (χ0v) is 8.89. The van der Waals surface area contributed by atoms with Gasteiger partial charge in [0.2, 0.25) is 0 Å². The topological polar surface area (TPSA) is 48.0 Å². The number of alkyl halides is 3. The van der Waals surface area contributed by atoms with Crippen molar-refractivity contribution < 1.29 is 13.2 Å². The first-order valence-electron chi connectivity index (χ1n) is 4.34. The van der Waals surface area contributed by atoms with E-state index < -0.39 is 29.2 Å². The fourth-order valence-electron chi connectivity index (χ4n) is 1.16. The molecule has 0 fully saturated rings. The number of rotatable bonds is 3. The second-order valence-corrected chi connectivity index (χ2v) is 3.66. The number of nitrogens with two attached hydrogens (primary N) is 1. The fraction of sp³-hybridized carbons (Fsp3) is 0.333. The van der Waals surface area contributed by atoms with E-state index in [1.165, 1.54) is 24.4 Å². The van der Waals surface area contributed by atoms with E-state index in [-0.39, 0.29) is 0 Å². The summed E-state index contributed by atoms with van der Waals surface area (Å²) in [6.45, 7) is -0.585. The van der Waals surface area contributed by atoms with Crippen LogP contribution in [0.2, 0.25) is 0 Å². The lowest BCUT2D eigenvalue weighted by molar-refractivity contribution is -0.158. The van der Waals surface area contributed by atoms with Gasteiger partial charge in [-0.15, -0.1) is 0 Å². The van der Waals surface area contributed by atoms with E-state index in [0.717, 1.165) is 4.57 Å². The molecule has 0 aliphatic carbocycles. The maximum atomic E-state index is 12.5. The molecule has 1 aromatic heterocycles. The quantitative estimate of drug-likeness (QED) is 0.823. The van der Waals surface area contributed by atoms with Gasteiger partial charge in [-0.05, 0) is 6.07 Å². The molecule has 3 nitrogen and oxygen atoms in total. The summed E-state index contributed by atoms with van der Waals surface area (Å²) in [7, 11) is 0. The van der Waals surface area contributed by atoms with Crippen LogP contribution in [0.3, 0.4) is 0 Å². The lowest BCUT2D eigenvalue weighted by Gasteiger charge is -2.19. The third-order valence-corrected chi connectivity index (χ3v) is 2.30. The van der Waals surface area contributed by atoms with E-state index in [0.29, 0.717) is 0 Å². The lowest BCUT2D eigenvalue weighted by Crippen LogP contribution is -2.39. The summed E-state index contributed by atoms with van der Waals surface area (Å²) in [6.07, 6.45) is -3.28. The zero-order valence-electron chi connectivity index (χ0n) is 8.07. The molecule has 1 rings (SSSR count). The minimum absolute atomic E-state index is 0.520. The van der Waals surface area contributed by atoms with Gasteiger partial charge in [0.25, 0.3) is 5.56 Å². The van der Waals surface area contributed by atoms with E-state index in [2.05, 4.69) is 12.2 Å². The number of pyridine rings is 1. The molecule has 16 heavy (non-hydrogen) atoms. The second-order valence-electron chi connectivity index (χ2n) is 3.19. The Hall–Kier alpha value is -1.37. The molecule has 0 aliphatic rings. The van der Waals surface area contributed by atoms with E-state index in [1.54, 1.807) is 0 Å². The summed E-state index contributed by atoms with van der Waals surface area (Å²) in [5, 5.41) is 0. The predicted molar refractivity (Wildman–Crippen MR) is 57.0 cm³/mol. The van der Waals surface area contributed by atoms with Gasteiger partial charge in [-0.3, -0.25) is 4.79 Å². The summed E-state index contributed by atoms with van der Waals surface area (Å²) in [6, 6.07) is 4.09. The van der Waals surface area contributed by atoms with E-state index in [1.807, 2.05) is 0 Å². The van der Waals surface area contributed by atoms with Crippen LogP contribution in [0.15, 0.2) is 29.2 Å². The highest BCUT2D eigenvalue weighted by molar-refractivity contribution is 7.80. The number of thiocarbonyl (C=S) groups is 1. The van der Waals surface area contributed by atoms with Crippen LogP contribution in [0.5, 0.6) is 0 Å². The molecule has 1 unspecified atom stereocenters. The minimum Gasteiger partial charge on any atom is -0.393 e. The smallest absolute Gasteiger partial charge is 0.393 e. The molecule has 1 heterocycles. The van der Waals surface area contributed by atoms with Gasteiger partial charge < -0.3 is 10.3 Å². The Morgan fingerprint density at radius 2 is 2.12 bits per heavy atom. The fourth-order valence-corrected chi connectivity index (χ4v) is 1.37. The molecule has 1 atom stereocenters. The molecule has 0 saturated heterocycles. The normalized spacial score (nSPS) is 13.4. The molecule has 0 radical (unpaired) electrons. The number of aromatic nitrogens is 1. The van der Waals surface area contributed by atoms with Crippen LogP contribution in [0.1, 0.15) is 0 Å². The van der Waals surface area contributed by atoms with Crippen LogP contribution in [0.25, 0.3) is 0 Å². The molecule has 0 spiro atoms. The van der Waals surface area contributed by atoms with E-state index in [9.17, 15) is 18.0 Å². The molecule has 2 N–H and O–H groups in total. The number of hydrogen-bond donors (Lipinski definition) is 1. The van der Waals surface area contributed by atoms with E-state index in [4.69, 9.17) is 5.73 Å². The van der Waals surface area contributed by atoms with Crippen LogP contribution >= 0.6 is 12.2 Å². The van der Waals surface area contributed by atoms with Crippen LogP contribution in [0, 0.1) is 5.92 Å². The van der Waals surface area contributed by atoms with Gasteiger partial charge in [0.05, 0.1) is 4.99 Å². The molecule has 7 heteroatoms. The van der Waals surface area contributed by atoms with Crippen molar-refractivity contribution in [2.24, 2.45) is 11.7 Å². The van der Waals surface area contributed by atoms with Gasteiger partial charge in [0, 0.05) is 18.8 Å². The first kappa shape index (κ1) is 12.7. The van der Waals surface area contributed by atoms with Crippen molar-refractivity contribution in [3.63, 3.8) is 0 Å². The van der Waals surface area contributed by atoms with Crippen molar-refractivity contribution in [3.8, 4) is 0 Å². The van der Waals surface area contributed by atoms with Gasteiger partial charge in [-0.25, -0.2) is 0 Å². The average Bonchev–Trinajstić information content (AvgIpc) is 2.14. The highest BCUT2D eigenvalue weighted by Gasteiger charge is 2.41. The molecule has 0 bridgehead atoms. The van der Waals surface area contributed by atoms with E-state index >= 15 is 0 Å². The Kier molecular flexibility index (Phi) is 3.69. The number of hydrogen-bond acceptors (Lipinski definition) is 2. The van der Waals surface area contributed by atoms with Crippen molar-refractivity contribution in [2.45, 2.75) is 12.7 Å². The van der Waals surface area contributed by atoms with Crippen molar-refractivity contribution in [1.82, 2.24) is 4.57 Å². The number of nitrogens with zero attached hydrogens (tertiary/aromatic N) is 1. The molecule has 1 aromatic rings. The van der Waals surface area contributed by atoms with Gasteiger partial charge in [-0.2, -0.15) is 13.2 Å². The van der Waals surface area contributed by atoms with Crippen LogP contribution in [-0.2, 0) is 6.54 Å². The summed E-state index contributed by atoms with van der Waals surface area (Å²) in [5.41, 5.74) is 4.50. The van der Waals surface area contributed by atoms with Crippen LogP contribution in [-0.4, -0.2) is 15.7 Å². The standard InChI is InChI=1S/C9H9F3N2OS/c10-9(11,12)6(8(13)16)5-14-4-2-1-3-7(14)15/h1-4,6H,5H2,(H2,13,16). The highest BCUT2D eigenvalue weighted by atomic mass is 32.1. The maximum absolute atomic E-state index is 12.5. The average molecular weight is 250 g/mol. The Labute approximate surface area is 94.7 Å². The Morgan fingerprint density at radius 1 is 1.50 bits per heavy atom. The Morgan fingerprint density at radius 3 is 2.56 bits per heavy atom. The minimum atomic E-state index is -4.54. The van der Waals surface area contributed by atoms with Gasteiger partial charge >= 0.3 is 6.18 Å². The summed E-state index contributed by atoms with van der Waals surface area (Å²) >= 11 is 4.35. The monoisotopic (exact) mass is 250 g/mol. The third kappa shape index (κ3) is 3.06. The molecule has 0 aromatic carbocycles. The summed E-state index contributed by atoms with van der Waals surface area (Å²) in [5.74, 6) is -1.98. The molecule has 0 saturated carbocycles. The van der Waals surface area contributed by atoms with Crippen molar-refractivity contribution >= 4 is 17.2 Å². The van der Waals surface area contributed by atoms with Crippen molar-refractivity contribution in [1.29, 1.82) is 0 Å². The number of halogens is 3. The maximum Gasteiger partial charge on any atom is 0.399 e. The van der Waals surface area contributed by atoms with Crippen LogP contribution < -0.4 is 11.3 Å². The molecule has 0 amide bonds. The molecular weight excluding hydrogens is 241 g/mol. The zero-order chi connectivity index (χ0) is 12.3. The largest absolute Gasteiger partial charge is 0.399 e. The van der Waals surface area contributed by atoms with Gasteiger partial charge in [0.1, 0.15) is 5.92 Å². The molecule has 0 aliphatic heterocycles. The highest BCUT2D eigenvalue weighted by Crippen LogP contribution is 2.27. The van der Waals surface area contributed by atoms with Crippen LogP contribution in [0.4, 0.5) is 13.2 Å². The first-order valence-corrected chi connectivity index (χ1v) is 4.74. The van der Waals surface area contributed by atoms with Crippen molar-refractivity contribution in [3.05, 3.63) is 34.7 Å². The predicted octanol–water partition coefficient (Wildman–Crippen LogP) is 1.31. The summed E-state index contributed by atoms with van der Waals surface area (Å²) < 4.78 is 38.4. The molecule has 88 valence electrons. The van der Waals surface area contributed by atoms with Gasteiger partial charge in [0.15, 0.2) is 0 Å². The lowest BCUT2D eigenvalue weighted by atomic mass is 10.1. The SMILES string of the molecule is NC(=S)C(Cn1ccccc1=O)C(F)(F)F. The van der Waals surface area contributed by atoms with Crippen molar-refractivity contribution in [2.75, 3.05) is 0 Å². The summed E-state index contributed by atoms with van der Waals surface area (Å²) in [4.78, 5) is 10.6.